The lowest BCUT2D eigenvalue weighted by Crippen LogP contribution is -1.72. The van der Waals surface area contributed by atoms with Gasteiger partial charge in [-0.05, 0) is 0 Å². The molecule has 3 nitrogen and oxygen atoms in total. The highest BCUT2D eigenvalue weighted by Crippen LogP contribution is 2.14. The smallest absolute Gasteiger partial charge is 0.182 e. The summed E-state index contributed by atoms with van der Waals surface area (Å²) in [5.41, 5.74) is 1.39. The predicted molar refractivity (Wildman–Crippen MR) is 36.8 cm³/mol. The van der Waals surface area contributed by atoms with Crippen LogP contribution in [0.1, 0.15) is 0 Å². The number of oxazole rings is 1. The van der Waals surface area contributed by atoms with Crippen molar-refractivity contribution in [2.45, 2.75) is 0 Å². The highest BCUT2D eigenvalue weighted by Gasteiger charge is 1.97. The number of fused-ring (bicyclic) bond motifs is 1. The van der Waals surface area contributed by atoms with Crippen molar-refractivity contribution in [1.29, 1.82) is 0 Å². The number of halogens is 1. The van der Waals surface area contributed by atoms with E-state index < -0.39 is 0 Å². The standard InChI is InChI=1S/C6H3ClN2O/c7-6-1-5-4(2-8-6)9-3-10-5/h1-3H. The maximum absolute atomic E-state index is 5.58. The molecule has 2 aromatic rings. The van der Waals surface area contributed by atoms with Gasteiger partial charge in [-0.15, -0.1) is 0 Å². The molecule has 0 aliphatic rings. The molecule has 50 valence electrons. The lowest BCUT2D eigenvalue weighted by atomic mass is 10.4. The number of aromatic nitrogens is 2. The quantitative estimate of drug-likeness (QED) is 0.544. The highest BCUT2D eigenvalue weighted by molar-refractivity contribution is 6.29. The Morgan fingerprint density at radius 3 is 3.20 bits per heavy atom. The fourth-order valence-corrected chi connectivity index (χ4v) is 0.885. The molecule has 2 aromatic heterocycles. The van der Waals surface area contributed by atoms with Gasteiger partial charge in [0.2, 0.25) is 0 Å². The third-order valence-electron chi connectivity index (χ3n) is 1.18. The van der Waals surface area contributed by atoms with Gasteiger partial charge in [0.05, 0.1) is 6.20 Å². The molecule has 0 bridgehead atoms. The van der Waals surface area contributed by atoms with E-state index in [0.717, 1.165) is 5.52 Å². The molecule has 0 aliphatic carbocycles. The Bertz CT molecular complexity index is 357. The maximum atomic E-state index is 5.58. The summed E-state index contributed by atoms with van der Waals surface area (Å²) in [5, 5.41) is 0.421. The Kier molecular flexibility index (Phi) is 1.11. The first kappa shape index (κ1) is 5.68. The zero-order valence-electron chi connectivity index (χ0n) is 4.91. The van der Waals surface area contributed by atoms with E-state index in [1.165, 1.54) is 6.39 Å². The summed E-state index contributed by atoms with van der Waals surface area (Å²) in [6.45, 7) is 0. The van der Waals surface area contributed by atoms with Crippen LogP contribution in [0.5, 0.6) is 0 Å². The van der Waals surface area contributed by atoms with Crippen LogP contribution in [0.15, 0.2) is 23.1 Å². The van der Waals surface area contributed by atoms with Crippen LogP contribution in [0.2, 0.25) is 5.15 Å². The van der Waals surface area contributed by atoms with E-state index in [-0.39, 0.29) is 0 Å². The molecule has 10 heavy (non-hydrogen) atoms. The van der Waals surface area contributed by atoms with Gasteiger partial charge in [-0.25, -0.2) is 9.97 Å². The molecule has 0 saturated heterocycles. The molecule has 0 N–H and O–H groups in total. The van der Waals surface area contributed by atoms with Crippen molar-refractivity contribution in [2.75, 3.05) is 0 Å². The second-order valence-corrected chi connectivity index (χ2v) is 2.21. The van der Waals surface area contributed by atoms with E-state index in [4.69, 9.17) is 16.0 Å². The molecule has 0 radical (unpaired) electrons. The van der Waals surface area contributed by atoms with E-state index >= 15 is 0 Å². The average Bonchev–Trinajstić information content (AvgIpc) is 2.33. The summed E-state index contributed by atoms with van der Waals surface area (Å²) in [7, 11) is 0. The molecule has 0 unspecified atom stereocenters. The summed E-state index contributed by atoms with van der Waals surface area (Å²) < 4.78 is 4.96. The first-order valence-corrected chi connectivity index (χ1v) is 3.09. The predicted octanol–water partition coefficient (Wildman–Crippen LogP) is 1.88. The summed E-state index contributed by atoms with van der Waals surface area (Å²) in [6, 6.07) is 1.63. The minimum Gasteiger partial charge on any atom is -0.443 e. The van der Waals surface area contributed by atoms with Crippen molar-refractivity contribution in [2.24, 2.45) is 0 Å². The van der Waals surface area contributed by atoms with Gasteiger partial charge in [0.15, 0.2) is 12.0 Å². The van der Waals surface area contributed by atoms with Gasteiger partial charge >= 0.3 is 0 Å². The zero-order chi connectivity index (χ0) is 6.97. The van der Waals surface area contributed by atoms with Crippen molar-refractivity contribution in [1.82, 2.24) is 9.97 Å². The van der Waals surface area contributed by atoms with Crippen LogP contribution in [0, 0.1) is 0 Å². The molecule has 0 aliphatic heterocycles. The second kappa shape index (κ2) is 1.95. The molecule has 0 atom stereocenters. The fraction of sp³-hybridized carbons (Fsp3) is 0. The van der Waals surface area contributed by atoms with E-state index in [1.807, 2.05) is 0 Å². The van der Waals surface area contributed by atoms with Crippen LogP contribution < -0.4 is 0 Å². The lowest BCUT2D eigenvalue weighted by Gasteiger charge is -1.84. The summed E-state index contributed by atoms with van der Waals surface area (Å²) in [4.78, 5) is 7.69. The van der Waals surface area contributed by atoms with Crippen LogP contribution >= 0.6 is 11.6 Å². The third kappa shape index (κ3) is 0.752. The van der Waals surface area contributed by atoms with Gasteiger partial charge in [-0.3, -0.25) is 0 Å². The molecule has 0 amide bonds. The van der Waals surface area contributed by atoms with Crippen LogP contribution in [0.3, 0.4) is 0 Å². The summed E-state index contributed by atoms with van der Waals surface area (Å²) >= 11 is 5.58. The van der Waals surface area contributed by atoms with Crippen LogP contribution in [-0.2, 0) is 0 Å². The molecule has 0 aromatic carbocycles. The lowest BCUT2D eigenvalue weighted by molar-refractivity contribution is 0.602. The van der Waals surface area contributed by atoms with Gasteiger partial charge < -0.3 is 4.42 Å². The molecule has 2 heterocycles. The number of hydrogen-bond donors (Lipinski definition) is 0. The first-order chi connectivity index (χ1) is 4.86. The zero-order valence-corrected chi connectivity index (χ0v) is 5.67. The molecule has 4 heteroatoms. The number of pyridine rings is 1. The minimum absolute atomic E-state index is 0.421. The Hall–Kier alpha value is -1.09. The normalized spacial score (nSPS) is 10.5. The van der Waals surface area contributed by atoms with Crippen molar-refractivity contribution in [3.63, 3.8) is 0 Å². The highest BCUT2D eigenvalue weighted by atomic mass is 35.5. The molecule has 0 fully saturated rings. The number of hydrogen-bond acceptors (Lipinski definition) is 3. The van der Waals surface area contributed by atoms with Crippen molar-refractivity contribution in [3.8, 4) is 0 Å². The molecular weight excluding hydrogens is 152 g/mol. The van der Waals surface area contributed by atoms with E-state index in [9.17, 15) is 0 Å². The first-order valence-electron chi connectivity index (χ1n) is 2.71. The van der Waals surface area contributed by atoms with Gasteiger partial charge in [-0.1, -0.05) is 11.6 Å². The van der Waals surface area contributed by atoms with Gasteiger partial charge in [0, 0.05) is 6.07 Å². The number of nitrogens with zero attached hydrogens (tertiary/aromatic N) is 2. The van der Waals surface area contributed by atoms with E-state index in [1.54, 1.807) is 12.3 Å². The molecule has 2 rings (SSSR count). The third-order valence-corrected chi connectivity index (χ3v) is 1.39. The van der Waals surface area contributed by atoms with Gasteiger partial charge in [-0.2, -0.15) is 0 Å². The second-order valence-electron chi connectivity index (χ2n) is 1.83. The molecule has 0 spiro atoms. The summed E-state index contributed by atoms with van der Waals surface area (Å²) in [6.07, 6.45) is 2.93. The van der Waals surface area contributed by atoms with Crippen molar-refractivity contribution >= 4 is 22.7 Å². The van der Waals surface area contributed by atoms with Crippen molar-refractivity contribution < 1.29 is 4.42 Å². The number of rotatable bonds is 0. The van der Waals surface area contributed by atoms with E-state index in [0.29, 0.717) is 10.7 Å². The van der Waals surface area contributed by atoms with Crippen LogP contribution in [0.25, 0.3) is 11.1 Å². The van der Waals surface area contributed by atoms with E-state index in [2.05, 4.69) is 9.97 Å². The molecular formula is C6H3ClN2O. The molecule has 0 saturated carbocycles. The largest absolute Gasteiger partial charge is 0.443 e. The monoisotopic (exact) mass is 154 g/mol. The Morgan fingerprint density at radius 2 is 2.30 bits per heavy atom. The Labute approximate surface area is 61.6 Å². The van der Waals surface area contributed by atoms with Gasteiger partial charge in [0.25, 0.3) is 0 Å². The fourth-order valence-electron chi connectivity index (χ4n) is 0.737. The van der Waals surface area contributed by atoms with Crippen molar-refractivity contribution in [3.05, 3.63) is 23.8 Å². The Morgan fingerprint density at radius 1 is 1.40 bits per heavy atom. The van der Waals surface area contributed by atoms with Gasteiger partial charge in [0.1, 0.15) is 10.7 Å². The Balaban J connectivity index is 2.86. The minimum atomic E-state index is 0.421. The van der Waals surface area contributed by atoms with Crippen LogP contribution in [0.4, 0.5) is 0 Å². The van der Waals surface area contributed by atoms with Crippen LogP contribution in [-0.4, -0.2) is 9.97 Å². The SMILES string of the molecule is Clc1cc2ocnc2cn1. The average molecular weight is 155 g/mol. The maximum Gasteiger partial charge on any atom is 0.182 e. The summed E-state index contributed by atoms with van der Waals surface area (Å²) in [5.74, 6) is 0. The topological polar surface area (TPSA) is 38.9 Å².